The van der Waals surface area contributed by atoms with E-state index in [1.54, 1.807) is 17.0 Å². The van der Waals surface area contributed by atoms with Crippen LogP contribution in [0.1, 0.15) is 17.3 Å². The van der Waals surface area contributed by atoms with Gasteiger partial charge in [0.15, 0.2) is 0 Å². The molecule has 1 saturated heterocycles. The summed E-state index contributed by atoms with van der Waals surface area (Å²) in [6.45, 7) is 4.16. The van der Waals surface area contributed by atoms with Gasteiger partial charge in [-0.1, -0.05) is 6.07 Å². The summed E-state index contributed by atoms with van der Waals surface area (Å²) in [5.41, 5.74) is 0.134. The average molecular weight is 315 g/mol. The second-order valence-corrected chi connectivity index (χ2v) is 5.53. The highest BCUT2D eigenvalue weighted by Crippen LogP contribution is 2.22. The first-order valence-electron chi connectivity index (χ1n) is 5.94. The maximum absolute atomic E-state index is 13.7. The van der Waals surface area contributed by atoms with Crippen LogP contribution in [0.5, 0.6) is 0 Å². The number of carbonyl (C=O) groups excluding carboxylic acids is 1. The van der Waals surface area contributed by atoms with E-state index in [0.717, 1.165) is 6.54 Å². The predicted octanol–water partition coefficient (Wildman–Crippen LogP) is 2.36. The van der Waals surface area contributed by atoms with Crippen molar-refractivity contribution in [1.29, 1.82) is 0 Å². The molecule has 1 atom stereocenters. The molecule has 0 bridgehead atoms. The van der Waals surface area contributed by atoms with Crippen molar-refractivity contribution in [2.24, 2.45) is 0 Å². The summed E-state index contributed by atoms with van der Waals surface area (Å²) in [6.07, 6.45) is 0. The molecule has 0 aliphatic carbocycles. The zero-order valence-corrected chi connectivity index (χ0v) is 12.1. The average Bonchev–Trinajstić information content (AvgIpc) is 2.32. The largest absolute Gasteiger partial charge is 0.336 e. The van der Waals surface area contributed by atoms with Gasteiger partial charge in [-0.3, -0.25) is 4.79 Å². The molecule has 0 radical (unpaired) electrons. The number of nitrogens with zero attached hydrogens (tertiary/aromatic N) is 2. The molecule has 18 heavy (non-hydrogen) atoms. The highest BCUT2D eigenvalue weighted by molar-refractivity contribution is 9.10. The van der Waals surface area contributed by atoms with Gasteiger partial charge < -0.3 is 9.80 Å². The van der Waals surface area contributed by atoms with Crippen LogP contribution in [0.15, 0.2) is 22.7 Å². The zero-order chi connectivity index (χ0) is 13.3. The van der Waals surface area contributed by atoms with E-state index in [1.807, 2.05) is 7.05 Å². The van der Waals surface area contributed by atoms with E-state index in [4.69, 9.17) is 0 Å². The number of halogens is 2. The third-order valence-electron chi connectivity index (χ3n) is 3.42. The normalized spacial score (nSPS) is 21.1. The molecule has 1 heterocycles. The summed E-state index contributed by atoms with van der Waals surface area (Å²) in [7, 11) is 2.03. The van der Waals surface area contributed by atoms with Crippen LogP contribution in [0.3, 0.4) is 0 Å². The zero-order valence-electron chi connectivity index (χ0n) is 10.5. The van der Waals surface area contributed by atoms with E-state index < -0.39 is 5.82 Å². The van der Waals surface area contributed by atoms with Gasteiger partial charge in [0.25, 0.3) is 5.91 Å². The minimum Gasteiger partial charge on any atom is -0.336 e. The minimum absolute atomic E-state index is 0.134. The van der Waals surface area contributed by atoms with Crippen LogP contribution in [-0.2, 0) is 0 Å². The SMILES string of the molecule is CC1CN(C(=O)c2c(F)cccc2Br)CCN1C. The van der Waals surface area contributed by atoms with E-state index in [1.165, 1.54) is 6.07 Å². The second kappa shape index (κ2) is 5.36. The summed E-state index contributed by atoms with van der Waals surface area (Å²) < 4.78 is 14.3. The van der Waals surface area contributed by atoms with Crippen molar-refractivity contribution in [2.75, 3.05) is 26.7 Å². The second-order valence-electron chi connectivity index (χ2n) is 4.68. The number of hydrogen-bond donors (Lipinski definition) is 0. The van der Waals surface area contributed by atoms with E-state index in [-0.39, 0.29) is 11.5 Å². The number of carbonyl (C=O) groups is 1. The predicted molar refractivity (Wildman–Crippen MR) is 72.1 cm³/mol. The first kappa shape index (κ1) is 13.5. The Morgan fingerprint density at radius 1 is 1.44 bits per heavy atom. The lowest BCUT2D eigenvalue weighted by molar-refractivity contribution is 0.0567. The molecule has 1 aliphatic heterocycles. The Balaban J connectivity index is 2.22. The molecule has 5 heteroatoms. The fourth-order valence-corrected chi connectivity index (χ4v) is 2.60. The molecular formula is C13H16BrFN2O. The van der Waals surface area contributed by atoms with Gasteiger partial charge in [-0.05, 0) is 42.0 Å². The number of likely N-dealkylation sites (N-methyl/N-ethyl adjacent to an activating group) is 1. The monoisotopic (exact) mass is 314 g/mol. The Kier molecular flexibility index (Phi) is 4.02. The lowest BCUT2D eigenvalue weighted by Gasteiger charge is -2.37. The molecule has 0 aromatic heterocycles. The molecule has 1 aliphatic rings. The van der Waals surface area contributed by atoms with Crippen LogP contribution in [0.25, 0.3) is 0 Å². The smallest absolute Gasteiger partial charge is 0.258 e. The molecule has 2 rings (SSSR count). The van der Waals surface area contributed by atoms with Crippen molar-refractivity contribution < 1.29 is 9.18 Å². The summed E-state index contributed by atoms with van der Waals surface area (Å²) in [4.78, 5) is 16.2. The van der Waals surface area contributed by atoms with Crippen molar-refractivity contribution in [3.63, 3.8) is 0 Å². The standard InChI is InChI=1S/C13H16BrFN2O/c1-9-8-17(7-6-16(9)2)13(18)12-10(14)4-3-5-11(12)15/h3-5,9H,6-8H2,1-2H3. The van der Waals surface area contributed by atoms with E-state index in [0.29, 0.717) is 23.6 Å². The maximum Gasteiger partial charge on any atom is 0.258 e. The van der Waals surface area contributed by atoms with Crippen molar-refractivity contribution in [2.45, 2.75) is 13.0 Å². The molecule has 0 N–H and O–H groups in total. The van der Waals surface area contributed by atoms with Gasteiger partial charge in [0, 0.05) is 30.1 Å². The maximum atomic E-state index is 13.7. The van der Waals surface area contributed by atoms with Crippen molar-refractivity contribution in [3.8, 4) is 0 Å². The van der Waals surface area contributed by atoms with Crippen molar-refractivity contribution in [3.05, 3.63) is 34.1 Å². The Labute approximate surface area is 115 Å². The van der Waals surface area contributed by atoms with E-state index in [2.05, 4.69) is 27.8 Å². The third-order valence-corrected chi connectivity index (χ3v) is 4.08. The topological polar surface area (TPSA) is 23.6 Å². The van der Waals surface area contributed by atoms with Gasteiger partial charge in [-0.2, -0.15) is 0 Å². The van der Waals surface area contributed by atoms with Gasteiger partial charge >= 0.3 is 0 Å². The lowest BCUT2D eigenvalue weighted by Crippen LogP contribution is -2.52. The van der Waals surface area contributed by atoms with Gasteiger partial charge in [-0.25, -0.2) is 4.39 Å². The summed E-state index contributed by atoms with van der Waals surface area (Å²) in [5, 5.41) is 0. The Morgan fingerprint density at radius 3 is 2.78 bits per heavy atom. The van der Waals surface area contributed by atoms with Crippen LogP contribution < -0.4 is 0 Å². The summed E-state index contributed by atoms with van der Waals surface area (Å²) >= 11 is 3.24. The molecule has 98 valence electrons. The van der Waals surface area contributed by atoms with E-state index >= 15 is 0 Å². The van der Waals surface area contributed by atoms with Crippen LogP contribution in [0, 0.1) is 5.82 Å². The third kappa shape index (κ3) is 2.57. The molecule has 1 amide bonds. The van der Waals surface area contributed by atoms with Crippen molar-refractivity contribution in [1.82, 2.24) is 9.80 Å². The summed E-state index contributed by atoms with van der Waals surface area (Å²) in [5.74, 6) is -0.708. The molecule has 0 saturated carbocycles. The van der Waals surface area contributed by atoms with Crippen LogP contribution in [0.2, 0.25) is 0 Å². The van der Waals surface area contributed by atoms with Gasteiger partial charge in [0.1, 0.15) is 5.82 Å². The summed E-state index contributed by atoms with van der Waals surface area (Å²) in [6, 6.07) is 4.89. The molecule has 0 spiro atoms. The molecule has 1 fully saturated rings. The van der Waals surface area contributed by atoms with Gasteiger partial charge in [0.2, 0.25) is 0 Å². The minimum atomic E-state index is -0.471. The quantitative estimate of drug-likeness (QED) is 0.794. The molecule has 1 aromatic carbocycles. The van der Waals surface area contributed by atoms with Gasteiger partial charge in [-0.15, -0.1) is 0 Å². The van der Waals surface area contributed by atoms with E-state index in [9.17, 15) is 9.18 Å². The fraction of sp³-hybridized carbons (Fsp3) is 0.462. The highest BCUT2D eigenvalue weighted by Gasteiger charge is 2.27. The molecule has 1 aromatic rings. The number of amides is 1. The molecule has 1 unspecified atom stereocenters. The first-order chi connectivity index (χ1) is 8.50. The number of piperazine rings is 1. The Hall–Kier alpha value is -0.940. The van der Waals surface area contributed by atoms with Gasteiger partial charge in [0.05, 0.1) is 5.56 Å². The Bertz CT molecular complexity index is 446. The van der Waals surface area contributed by atoms with Crippen LogP contribution >= 0.6 is 15.9 Å². The van der Waals surface area contributed by atoms with Crippen LogP contribution in [-0.4, -0.2) is 48.4 Å². The highest BCUT2D eigenvalue weighted by atomic mass is 79.9. The van der Waals surface area contributed by atoms with Crippen LogP contribution in [0.4, 0.5) is 4.39 Å². The number of benzene rings is 1. The first-order valence-corrected chi connectivity index (χ1v) is 6.73. The fourth-order valence-electron chi connectivity index (χ4n) is 2.09. The lowest BCUT2D eigenvalue weighted by atomic mass is 10.1. The van der Waals surface area contributed by atoms with Crippen molar-refractivity contribution >= 4 is 21.8 Å². The molecular weight excluding hydrogens is 299 g/mol. The Morgan fingerprint density at radius 2 is 2.17 bits per heavy atom. The molecule has 3 nitrogen and oxygen atoms in total. The number of rotatable bonds is 1. The number of hydrogen-bond acceptors (Lipinski definition) is 2.